The van der Waals surface area contributed by atoms with E-state index < -0.39 is 6.04 Å². The van der Waals surface area contributed by atoms with E-state index in [-0.39, 0.29) is 41.3 Å². The Bertz CT molecular complexity index is 1310. The molecule has 0 saturated heterocycles. The molecular formula is C22H17FN8O. The van der Waals surface area contributed by atoms with Crippen LogP contribution in [0.3, 0.4) is 0 Å². The first-order valence-corrected chi connectivity index (χ1v) is 9.46. The Morgan fingerprint density at radius 3 is 2.72 bits per heavy atom. The van der Waals surface area contributed by atoms with Crippen LogP contribution in [-0.2, 0) is 6.61 Å². The Morgan fingerprint density at radius 2 is 1.97 bits per heavy atom. The minimum atomic E-state index is -0.695. The first kappa shape index (κ1) is 20.4. The molecule has 0 radical (unpaired) electrons. The van der Waals surface area contributed by atoms with Gasteiger partial charge in [0.2, 0.25) is 5.96 Å². The molecule has 0 fully saturated rings. The molecule has 1 unspecified atom stereocenters. The van der Waals surface area contributed by atoms with Crippen LogP contribution in [0.5, 0.6) is 5.75 Å². The van der Waals surface area contributed by atoms with Gasteiger partial charge in [0.1, 0.15) is 47.5 Å². The Labute approximate surface area is 182 Å². The number of rotatable bonds is 4. The Hall–Kier alpha value is -4.83. The van der Waals surface area contributed by atoms with Crippen LogP contribution < -0.4 is 26.8 Å². The van der Waals surface area contributed by atoms with Crippen LogP contribution in [0.1, 0.15) is 28.3 Å². The van der Waals surface area contributed by atoms with E-state index in [9.17, 15) is 9.65 Å². The first-order chi connectivity index (χ1) is 15.5. The number of halogens is 1. The van der Waals surface area contributed by atoms with Gasteiger partial charge in [-0.2, -0.15) is 10.5 Å². The first-order valence-electron chi connectivity index (χ1n) is 9.46. The molecule has 10 heteroatoms. The summed E-state index contributed by atoms with van der Waals surface area (Å²) in [5, 5.41) is 23.7. The number of nitriles is 2. The van der Waals surface area contributed by atoms with Crippen LogP contribution in [0.15, 0.2) is 53.5 Å². The van der Waals surface area contributed by atoms with Crippen molar-refractivity contribution >= 4 is 23.3 Å². The van der Waals surface area contributed by atoms with E-state index in [1.807, 2.05) is 6.07 Å². The molecule has 2 heterocycles. The molecule has 1 aromatic heterocycles. The van der Waals surface area contributed by atoms with Crippen molar-refractivity contribution < 1.29 is 9.13 Å². The number of anilines is 3. The second-order valence-electron chi connectivity index (χ2n) is 6.85. The average molecular weight is 428 g/mol. The number of benzene rings is 2. The SMILES string of the molecule is N#CNC1=NC(c2cccc(OCc3ccccc3F)c2)c2c(nc(N)c(C#N)c2N)N1. The number of nitrogens with zero attached hydrogens (tertiary/aromatic N) is 4. The third-order valence-electron chi connectivity index (χ3n) is 4.88. The summed E-state index contributed by atoms with van der Waals surface area (Å²) < 4.78 is 19.7. The smallest absolute Gasteiger partial charge is 0.211 e. The lowest BCUT2D eigenvalue weighted by Gasteiger charge is -2.26. The summed E-state index contributed by atoms with van der Waals surface area (Å²) in [6.45, 7) is 0.0439. The van der Waals surface area contributed by atoms with Crippen LogP contribution in [0.25, 0.3) is 0 Å². The maximum Gasteiger partial charge on any atom is 0.211 e. The fraction of sp³-hybridized carbons (Fsp3) is 0.0909. The number of guanidine groups is 1. The molecule has 0 aliphatic carbocycles. The van der Waals surface area contributed by atoms with E-state index in [0.29, 0.717) is 22.4 Å². The number of nitrogen functional groups attached to an aromatic ring is 2. The number of nitrogens with two attached hydrogens (primary N) is 2. The topological polar surface area (TPSA) is 158 Å². The number of pyridine rings is 1. The Kier molecular flexibility index (Phi) is 5.43. The van der Waals surface area contributed by atoms with Gasteiger partial charge in [-0.3, -0.25) is 5.32 Å². The molecule has 32 heavy (non-hydrogen) atoms. The van der Waals surface area contributed by atoms with Gasteiger partial charge in [0, 0.05) is 11.1 Å². The number of ether oxygens (including phenoxy) is 1. The third-order valence-corrected chi connectivity index (χ3v) is 4.88. The summed E-state index contributed by atoms with van der Waals surface area (Å²) in [7, 11) is 0. The number of hydrogen-bond donors (Lipinski definition) is 4. The molecule has 6 N–H and O–H groups in total. The highest BCUT2D eigenvalue weighted by Gasteiger charge is 2.29. The lowest BCUT2D eigenvalue weighted by atomic mass is 9.95. The molecule has 0 bridgehead atoms. The van der Waals surface area contributed by atoms with Gasteiger partial charge in [-0.15, -0.1) is 0 Å². The fourth-order valence-corrected chi connectivity index (χ4v) is 3.37. The van der Waals surface area contributed by atoms with E-state index in [0.717, 1.165) is 0 Å². The predicted molar refractivity (Wildman–Crippen MR) is 117 cm³/mol. The van der Waals surface area contributed by atoms with Gasteiger partial charge >= 0.3 is 0 Å². The van der Waals surface area contributed by atoms with Crippen LogP contribution in [0.2, 0.25) is 0 Å². The molecule has 9 nitrogen and oxygen atoms in total. The second-order valence-corrected chi connectivity index (χ2v) is 6.85. The summed E-state index contributed by atoms with van der Waals surface area (Å²) in [4.78, 5) is 8.73. The summed E-state index contributed by atoms with van der Waals surface area (Å²) in [5.74, 6) is 0.537. The monoisotopic (exact) mass is 428 g/mol. The molecule has 0 amide bonds. The molecule has 158 valence electrons. The van der Waals surface area contributed by atoms with Crippen molar-refractivity contribution in [2.45, 2.75) is 12.6 Å². The van der Waals surface area contributed by atoms with Gasteiger partial charge in [0.25, 0.3) is 0 Å². The maximum absolute atomic E-state index is 13.9. The number of hydrogen-bond acceptors (Lipinski definition) is 9. The second kappa shape index (κ2) is 8.50. The van der Waals surface area contributed by atoms with Crippen LogP contribution in [0.4, 0.5) is 21.7 Å². The van der Waals surface area contributed by atoms with Gasteiger partial charge in [-0.1, -0.05) is 30.3 Å². The van der Waals surface area contributed by atoms with Gasteiger partial charge in [0.15, 0.2) is 6.19 Å². The predicted octanol–water partition coefficient (Wildman–Crippen LogP) is 2.78. The minimum absolute atomic E-state index is 0.0322. The highest BCUT2D eigenvalue weighted by atomic mass is 19.1. The highest BCUT2D eigenvalue weighted by molar-refractivity contribution is 5.98. The summed E-state index contributed by atoms with van der Waals surface area (Å²) in [6, 6.07) is 14.6. The van der Waals surface area contributed by atoms with Gasteiger partial charge in [-0.25, -0.2) is 14.4 Å². The molecule has 3 aromatic rings. The lowest BCUT2D eigenvalue weighted by Crippen LogP contribution is -2.32. The number of fused-ring (bicyclic) bond motifs is 1. The van der Waals surface area contributed by atoms with E-state index in [1.165, 1.54) is 6.07 Å². The zero-order chi connectivity index (χ0) is 22.7. The van der Waals surface area contributed by atoms with Crippen molar-refractivity contribution in [1.29, 1.82) is 10.5 Å². The standard InChI is InChI=1S/C22H17FN8O/c23-16-7-2-1-4-13(16)10-32-14-6-3-5-12(8-14)19-17-18(26)15(9-24)20(27)30-21(17)31-22(29-19)28-11-25/h1-8,19H,10H2,(H6,26,27,28,29,30,31). The normalized spacial score (nSPS) is 14.2. The maximum atomic E-state index is 13.9. The Balaban J connectivity index is 1.73. The third kappa shape index (κ3) is 3.80. The van der Waals surface area contributed by atoms with Crippen molar-refractivity contribution in [3.63, 3.8) is 0 Å². The minimum Gasteiger partial charge on any atom is -0.489 e. The van der Waals surface area contributed by atoms with Crippen molar-refractivity contribution in [3.05, 3.63) is 76.6 Å². The molecule has 0 saturated carbocycles. The molecule has 2 aromatic carbocycles. The van der Waals surface area contributed by atoms with E-state index >= 15 is 0 Å². The molecule has 1 aliphatic heterocycles. The van der Waals surface area contributed by atoms with Crippen molar-refractivity contribution in [1.82, 2.24) is 10.3 Å². The van der Waals surface area contributed by atoms with Crippen molar-refractivity contribution in [2.24, 2.45) is 4.99 Å². The Morgan fingerprint density at radius 1 is 1.16 bits per heavy atom. The number of aromatic nitrogens is 1. The van der Waals surface area contributed by atoms with Gasteiger partial charge in [-0.05, 0) is 23.8 Å². The summed E-state index contributed by atoms with van der Waals surface area (Å²) in [6.07, 6.45) is 1.80. The lowest BCUT2D eigenvalue weighted by molar-refractivity contribution is 0.299. The fourth-order valence-electron chi connectivity index (χ4n) is 3.37. The van der Waals surface area contributed by atoms with E-state index in [2.05, 4.69) is 20.6 Å². The largest absolute Gasteiger partial charge is 0.489 e. The zero-order valence-electron chi connectivity index (χ0n) is 16.6. The van der Waals surface area contributed by atoms with Crippen LogP contribution >= 0.6 is 0 Å². The summed E-state index contributed by atoms with van der Waals surface area (Å²) >= 11 is 0. The zero-order valence-corrected chi connectivity index (χ0v) is 16.6. The van der Waals surface area contributed by atoms with E-state index in [1.54, 1.807) is 48.7 Å². The molecule has 1 atom stereocenters. The van der Waals surface area contributed by atoms with Gasteiger partial charge < -0.3 is 21.5 Å². The highest BCUT2D eigenvalue weighted by Crippen LogP contribution is 2.41. The van der Waals surface area contributed by atoms with Crippen LogP contribution in [-0.4, -0.2) is 10.9 Å². The molecule has 4 rings (SSSR count). The summed E-state index contributed by atoms with van der Waals surface area (Å²) in [5.41, 5.74) is 13.8. The van der Waals surface area contributed by atoms with Gasteiger partial charge in [0.05, 0.1) is 5.69 Å². The average Bonchev–Trinajstić information content (AvgIpc) is 2.78. The number of aliphatic imine (C=N–C) groups is 1. The molecule has 0 spiro atoms. The van der Waals surface area contributed by atoms with Crippen molar-refractivity contribution in [3.8, 4) is 18.0 Å². The van der Waals surface area contributed by atoms with Crippen LogP contribution in [0, 0.1) is 28.6 Å². The number of nitrogens with one attached hydrogen (secondary N) is 2. The molecule has 1 aliphatic rings. The van der Waals surface area contributed by atoms with Crippen molar-refractivity contribution in [2.75, 3.05) is 16.8 Å². The molecular weight excluding hydrogens is 411 g/mol. The van der Waals surface area contributed by atoms with E-state index in [4.69, 9.17) is 21.5 Å². The quantitative estimate of drug-likeness (QED) is 0.365.